The highest BCUT2D eigenvalue weighted by Crippen LogP contribution is 2.57. The summed E-state index contributed by atoms with van der Waals surface area (Å²) < 4.78 is 2.39. The van der Waals surface area contributed by atoms with E-state index in [2.05, 4.69) is 10.4 Å². The third-order valence-electron chi connectivity index (χ3n) is 5.10. The minimum Gasteiger partial charge on any atom is -0.619 e. The van der Waals surface area contributed by atoms with E-state index in [1.165, 1.54) is 12.4 Å². The van der Waals surface area contributed by atoms with Gasteiger partial charge in [0.25, 0.3) is 5.91 Å². The second-order valence-electron chi connectivity index (χ2n) is 7.18. The van der Waals surface area contributed by atoms with E-state index in [-0.39, 0.29) is 13.2 Å². The fourth-order valence-electron chi connectivity index (χ4n) is 3.53. The Morgan fingerprint density at radius 1 is 1.52 bits per heavy atom. The molecule has 8 nitrogen and oxygen atoms in total. The molecule has 8 heteroatoms. The SMILES string of the molecule is CC(CO)(CO)NC(=O)c1nn(-c2ccc[n+]([O-])c2)c2c1C[C@H]1C[C@@H]21. The van der Waals surface area contributed by atoms with Crippen LogP contribution in [0.1, 0.15) is 41.0 Å². The number of aliphatic hydroxyl groups is 2. The van der Waals surface area contributed by atoms with Crippen molar-refractivity contribution in [2.75, 3.05) is 13.2 Å². The van der Waals surface area contributed by atoms with Gasteiger partial charge in [-0.1, -0.05) is 0 Å². The Kier molecular flexibility index (Phi) is 3.55. The quantitative estimate of drug-likeness (QED) is 0.506. The first-order chi connectivity index (χ1) is 12.0. The maximum Gasteiger partial charge on any atom is 0.272 e. The molecular formula is C17H20N4O4. The van der Waals surface area contributed by atoms with Crippen LogP contribution < -0.4 is 10.0 Å². The molecule has 0 bridgehead atoms. The van der Waals surface area contributed by atoms with Gasteiger partial charge in [-0.05, 0) is 31.7 Å². The molecule has 1 amide bonds. The largest absolute Gasteiger partial charge is 0.619 e. The van der Waals surface area contributed by atoms with Crippen LogP contribution in [0, 0.1) is 11.1 Å². The maximum absolute atomic E-state index is 12.7. The van der Waals surface area contributed by atoms with E-state index in [9.17, 15) is 20.2 Å². The summed E-state index contributed by atoms with van der Waals surface area (Å²) in [6, 6.07) is 3.43. The van der Waals surface area contributed by atoms with E-state index < -0.39 is 11.4 Å². The molecule has 4 rings (SSSR count). The van der Waals surface area contributed by atoms with Gasteiger partial charge in [0.05, 0.1) is 24.4 Å². The molecule has 0 aromatic carbocycles. The van der Waals surface area contributed by atoms with Crippen LogP contribution in [-0.2, 0) is 6.42 Å². The third kappa shape index (κ3) is 2.58. The predicted molar refractivity (Wildman–Crippen MR) is 87.1 cm³/mol. The standard InChI is InChI=1S/C17H20N4O4/c1-17(8-22,9-23)18-16(24)14-13-6-10-5-12(10)15(13)21(19-14)11-3-2-4-20(25)7-11/h2-4,7,10,12,22-23H,5-6,8-9H2,1H3,(H,18,24)/t10-,12-/m1/s1. The number of nitrogens with one attached hydrogen (secondary N) is 1. The summed E-state index contributed by atoms with van der Waals surface area (Å²) in [4.78, 5) is 12.7. The van der Waals surface area contributed by atoms with Crippen molar-refractivity contribution in [3.8, 4) is 5.69 Å². The molecule has 1 fully saturated rings. The smallest absolute Gasteiger partial charge is 0.272 e. The highest BCUT2D eigenvalue weighted by atomic mass is 16.5. The fraction of sp³-hybridized carbons (Fsp3) is 0.471. The minimum absolute atomic E-state index is 0.302. The number of fused-ring (bicyclic) bond motifs is 3. The number of pyridine rings is 1. The lowest BCUT2D eigenvalue weighted by atomic mass is 10.0. The van der Waals surface area contributed by atoms with Gasteiger partial charge < -0.3 is 20.7 Å². The second kappa shape index (κ2) is 5.53. The van der Waals surface area contributed by atoms with Crippen molar-refractivity contribution in [3.63, 3.8) is 0 Å². The lowest BCUT2D eigenvalue weighted by Gasteiger charge is -2.25. The lowest BCUT2D eigenvalue weighted by Crippen LogP contribution is -2.52. The number of amides is 1. The summed E-state index contributed by atoms with van der Waals surface area (Å²) in [5, 5.41) is 37.5. The molecule has 25 heavy (non-hydrogen) atoms. The zero-order valence-electron chi connectivity index (χ0n) is 13.8. The molecule has 2 heterocycles. The van der Waals surface area contributed by atoms with E-state index in [1.54, 1.807) is 23.7 Å². The van der Waals surface area contributed by atoms with Crippen LogP contribution in [0.15, 0.2) is 24.5 Å². The van der Waals surface area contributed by atoms with E-state index >= 15 is 0 Å². The van der Waals surface area contributed by atoms with Crippen molar-refractivity contribution in [2.45, 2.75) is 31.2 Å². The third-order valence-corrected chi connectivity index (χ3v) is 5.10. The van der Waals surface area contributed by atoms with Gasteiger partial charge in [-0.25, -0.2) is 4.68 Å². The number of aliphatic hydroxyl groups excluding tert-OH is 2. The van der Waals surface area contributed by atoms with Crippen molar-refractivity contribution >= 4 is 5.91 Å². The summed E-state index contributed by atoms with van der Waals surface area (Å²) in [7, 11) is 0. The van der Waals surface area contributed by atoms with Crippen molar-refractivity contribution in [1.82, 2.24) is 15.1 Å². The molecule has 3 N–H and O–H groups in total. The monoisotopic (exact) mass is 344 g/mol. The molecule has 0 saturated heterocycles. The van der Waals surface area contributed by atoms with Crippen molar-refractivity contribution in [2.24, 2.45) is 5.92 Å². The van der Waals surface area contributed by atoms with Gasteiger partial charge in [0, 0.05) is 17.5 Å². The number of nitrogens with zero attached hydrogens (tertiary/aromatic N) is 3. The first-order valence-corrected chi connectivity index (χ1v) is 8.31. The Balaban J connectivity index is 1.74. The molecule has 1 saturated carbocycles. The molecule has 2 aromatic rings. The van der Waals surface area contributed by atoms with Crippen molar-refractivity contribution in [3.05, 3.63) is 46.7 Å². The van der Waals surface area contributed by atoms with Crippen LogP contribution >= 0.6 is 0 Å². The van der Waals surface area contributed by atoms with Crippen LogP contribution in [0.25, 0.3) is 5.69 Å². The second-order valence-corrected chi connectivity index (χ2v) is 7.18. The minimum atomic E-state index is -1.11. The Morgan fingerprint density at radius 3 is 2.96 bits per heavy atom. The Labute approximate surface area is 144 Å². The van der Waals surface area contributed by atoms with Crippen LogP contribution in [0.5, 0.6) is 0 Å². The van der Waals surface area contributed by atoms with Gasteiger partial charge in [0.2, 0.25) is 6.20 Å². The molecule has 2 aromatic heterocycles. The van der Waals surface area contributed by atoms with Gasteiger partial charge in [0.15, 0.2) is 11.9 Å². The molecule has 0 unspecified atom stereocenters. The topological polar surface area (TPSA) is 114 Å². The van der Waals surface area contributed by atoms with Crippen molar-refractivity contribution < 1.29 is 19.7 Å². The van der Waals surface area contributed by atoms with Crippen LogP contribution in [0.2, 0.25) is 0 Å². The molecule has 0 aliphatic heterocycles. The van der Waals surface area contributed by atoms with E-state index in [0.29, 0.717) is 27.9 Å². The first-order valence-electron chi connectivity index (χ1n) is 8.31. The molecule has 132 valence electrons. The summed E-state index contributed by atoms with van der Waals surface area (Å²) in [5.41, 5.74) is 1.71. The van der Waals surface area contributed by atoms with Gasteiger partial charge in [-0.15, -0.1) is 0 Å². The van der Waals surface area contributed by atoms with E-state index in [1.807, 2.05) is 0 Å². The summed E-state index contributed by atoms with van der Waals surface area (Å²) >= 11 is 0. The average Bonchev–Trinajstić information content (AvgIpc) is 3.10. The lowest BCUT2D eigenvalue weighted by molar-refractivity contribution is -0.605. The molecule has 2 aliphatic carbocycles. The van der Waals surface area contributed by atoms with Crippen LogP contribution in [0.3, 0.4) is 0 Å². The zero-order valence-corrected chi connectivity index (χ0v) is 13.8. The predicted octanol–water partition coefficient (Wildman–Crippen LogP) is -0.362. The van der Waals surface area contributed by atoms with Crippen molar-refractivity contribution in [1.29, 1.82) is 0 Å². The van der Waals surface area contributed by atoms with Gasteiger partial charge >= 0.3 is 0 Å². The maximum atomic E-state index is 12.7. The Bertz CT molecular complexity index is 843. The number of hydrogen-bond donors (Lipinski definition) is 3. The van der Waals surface area contributed by atoms with Gasteiger partial charge in [-0.3, -0.25) is 4.79 Å². The Morgan fingerprint density at radius 2 is 2.28 bits per heavy atom. The number of carbonyl (C=O) groups is 1. The highest BCUT2D eigenvalue weighted by molar-refractivity contribution is 5.95. The normalized spacial score (nSPS) is 20.9. The summed E-state index contributed by atoms with van der Waals surface area (Å²) in [6.07, 6.45) is 4.70. The van der Waals surface area contributed by atoms with Crippen LogP contribution in [-0.4, -0.2) is 44.7 Å². The van der Waals surface area contributed by atoms with Crippen LogP contribution in [0.4, 0.5) is 0 Å². The first kappa shape index (κ1) is 16.0. The number of hydrogen-bond acceptors (Lipinski definition) is 5. The number of carbonyl (C=O) groups excluding carboxylic acids is 1. The molecule has 0 radical (unpaired) electrons. The molecule has 0 spiro atoms. The van der Waals surface area contributed by atoms with Gasteiger partial charge in [-0.2, -0.15) is 9.83 Å². The summed E-state index contributed by atoms with van der Waals surface area (Å²) in [5.74, 6) is 0.496. The fourth-order valence-corrected chi connectivity index (χ4v) is 3.53. The molecular weight excluding hydrogens is 324 g/mol. The number of aromatic nitrogens is 3. The average molecular weight is 344 g/mol. The van der Waals surface area contributed by atoms with E-state index in [0.717, 1.165) is 24.1 Å². The Hall–Kier alpha value is -2.45. The van der Waals surface area contributed by atoms with E-state index in [4.69, 9.17) is 0 Å². The zero-order chi connectivity index (χ0) is 17.8. The highest BCUT2D eigenvalue weighted by Gasteiger charge is 2.50. The molecule has 2 aliphatic rings. The molecule has 2 atom stereocenters. The van der Waals surface area contributed by atoms with Gasteiger partial charge in [0.1, 0.15) is 5.69 Å². The summed E-state index contributed by atoms with van der Waals surface area (Å²) in [6.45, 7) is 0.813. The number of rotatable bonds is 5.